The number of hydrogen-bond acceptors (Lipinski definition) is 4. The molecular weight excluding hydrogens is 339 g/mol. The number of rotatable bonds is 5. The molecule has 0 bridgehead atoms. The molecule has 8 heteroatoms. The highest BCUT2D eigenvalue weighted by molar-refractivity contribution is 7.94. The van der Waals surface area contributed by atoms with Crippen molar-refractivity contribution in [3.8, 4) is 0 Å². The summed E-state index contributed by atoms with van der Waals surface area (Å²) in [5, 5.41) is 3.48. The zero-order valence-electron chi connectivity index (χ0n) is 10.5. The molecule has 1 heterocycles. The van der Waals surface area contributed by atoms with E-state index in [0.29, 0.717) is 6.54 Å². The Kier molecular flexibility index (Phi) is 4.93. The predicted octanol–water partition coefficient (Wildman–Crippen LogP) is 3.58. The molecule has 108 valence electrons. The third kappa shape index (κ3) is 3.45. The van der Waals surface area contributed by atoms with Crippen LogP contribution in [0.1, 0.15) is 4.88 Å². The number of anilines is 1. The molecule has 0 saturated carbocycles. The van der Waals surface area contributed by atoms with E-state index < -0.39 is 10.0 Å². The van der Waals surface area contributed by atoms with Gasteiger partial charge in [0, 0.05) is 11.4 Å². The van der Waals surface area contributed by atoms with Crippen molar-refractivity contribution >= 4 is 50.2 Å². The Hall–Kier alpha value is -0.790. The van der Waals surface area contributed by atoms with Crippen LogP contribution < -0.4 is 10.0 Å². The lowest BCUT2D eigenvalue weighted by Crippen LogP contribution is -2.12. The molecule has 0 amide bonds. The molecular formula is C12H12Cl2N2O2S2. The van der Waals surface area contributed by atoms with Crippen molar-refractivity contribution < 1.29 is 8.42 Å². The van der Waals surface area contributed by atoms with Crippen LogP contribution in [0.3, 0.4) is 0 Å². The molecule has 0 fully saturated rings. The van der Waals surface area contributed by atoms with Gasteiger partial charge < -0.3 is 5.32 Å². The smallest absolute Gasteiger partial charge is 0.271 e. The minimum Gasteiger partial charge on any atom is -0.315 e. The van der Waals surface area contributed by atoms with Gasteiger partial charge in [-0.1, -0.05) is 29.3 Å². The molecule has 2 N–H and O–H groups in total. The van der Waals surface area contributed by atoms with Crippen LogP contribution in [0, 0.1) is 0 Å². The van der Waals surface area contributed by atoms with E-state index in [2.05, 4.69) is 10.0 Å². The normalized spacial score (nSPS) is 11.6. The summed E-state index contributed by atoms with van der Waals surface area (Å²) in [7, 11) is -1.88. The number of para-hydroxylation sites is 1. The van der Waals surface area contributed by atoms with Crippen LogP contribution in [0.4, 0.5) is 5.69 Å². The Morgan fingerprint density at radius 3 is 2.40 bits per heavy atom. The molecule has 0 saturated heterocycles. The van der Waals surface area contributed by atoms with Crippen molar-refractivity contribution in [2.45, 2.75) is 10.8 Å². The van der Waals surface area contributed by atoms with E-state index in [9.17, 15) is 8.42 Å². The Labute approximate surface area is 131 Å². The van der Waals surface area contributed by atoms with Gasteiger partial charge in [-0.3, -0.25) is 4.72 Å². The zero-order valence-corrected chi connectivity index (χ0v) is 13.6. The van der Waals surface area contributed by atoms with E-state index in [1.54, 1.807) is 37.4 Å². The van der Waals surface area contributed by atoms with Crippen LogP contribution in [-0.2, 0) is 16.6 Å². The van der Waals surface area contributed by atoms with E-state index in [-0.39, 0.29) is 19.9 Å². The maximum absolute atomic E-state index is 12.3. The fourth-order valence-electron chi connectivity index (χ4n) is 1.55. The van der Waals surface area contributed by atoms with Gasteiger partial charge in [-0.2, -0.15) is 0 Å². The van der Waals surface area contributed by atoms with Crippen LogP contribution >= 0.6 is 34.5 Å². The molecule has 0 unspecified atom stereocenters. The van der Waals surface area contributed by atoms with E-state index in [1.165, 1.54) is 11.3 Å². The summed E-state index contributed by atoms with van der Waals surface area (Å²) in [6.07, 6.45) is 0. The topological polar surface area (TPSA) is 58.2 Å². The third-order valence-corrected chi connectivity index (χ3v) is 6.01. The van der Waals surface area contributed by atoms with Gasteiger partial charge in [-0.15, -0.1) is 11.3 Å². The zero-order chi connectivity index (χ0) is 14.8. The monoisotopic (exact) mass is 350 g/mol. The Bertz CT molecular complexity index is 694. The second kappa shape index (κ2) is 6.32. The van der Waals surface area contributed by atoms with Gasteiger partial charge in [0.05, 0.1) is 15.7 Å². The minimum absolute atomic E-state index is 0.194. The van der Waals surface area contributed by atoms with Crippen LogP contribution in [-0.4, -0.2) is 15.5 Å². The number of thiophene rings is 1. The Balaban J connectivity index is 2.31. The van der Waals surface area contributed by atoms with Crippen molar-refractivity contribution in [1.82, 2.24) is 5.32 Å². The molecule has 0 radical (unpaired) electrons. The van der Waals surface area contributed by atoms with Crippen molar-refractivity contribution in [3.05, 3.63) is 45.3 Å². The summed E-state index contributed by atoms with van der Waals surface area (Å²) in [4.78, 5) is 0.929. The summed E-state index contributed by atoms with van der Waals surface area (Å²) >= 11 is 13.1. The predicted molar refractivity (Wildman–Crippen MR) is 84.4 cm³/mol. The van der Waals surface area contributed by atoms with E-state index in [1.807, 2.05) is 0 Å². The summed E-state index contributed by atoms with van der Waals surface area (Å²) in [6.45, 7) is 0.618. The maximum Gasteiger partial charge on any atom is 0.271 e. The summed E-state index contributed by atoms with van der Waals surface area (Å²) in [5.41, 5.74) is 0.194. The lowest BCUT2D eigenvalue weighted by molar-refractivity contribution is 0.603. The van der Waals surface area contributed by atoms with Gasteiger partial charge in [0.15, 0.2) is 0 Å². The van der Waals surface area contributed by atoms with Gasteiger partial charge in [0.1, 0.15) is 4.21 Å². The fourth-order valence-corrected chi connectivity index (χ4v) is 4.62. The second-order valence-electron chi connectivity index (χ2n) is 3.95. The van der Waals surface area contributed by atoms with Gasteiger partial charge in [0.25, 0.3) is 10.0 Å². The number of hydrogen-bond donors (Lipinski definition) is 2. The molecule has 1 aromatic heterocycles. The summed E-state index contributed by atoms with van der Waals surface area (Å²) in [5.74, 6) is 0. The highest BCUT2D eigenvalue weighted by atomic mass is 35.5. The molecule has 20 heavy (non-hydrogen) atoms. The number of benzene rings is 1. The number of nitrogens with one attached hydrogen (secondary N) is 2. The molecule has 0 atom stereocenters. The van der Waals surface area contributed by atoms with Gasteiger partial charge in [-0.05, 0) is 31.3 Å². The summed E-state index contributed by atoms with van der Waals surface area (Å²) < 4.78 is 27.2. The second-order valence-corrected chi connectivity index (χ2v) is 7.85. The molecule has 4 nitrogen and oxygen atoms in total. The first kappa shape index (κ1) is 15.6. The van der Waals surface area contributed by atoms with Crippen molar-refractivity contribution in [1.29, 1.82) is 0 Å². The van der Waals surface area contributed by atoms with E-state index in [0.717, 1.165) is 4.88 Å². The first-order valence-corrected chi connectivity index (χ1v) is 8.70. The summed E-state index contributed by atoms with van der Waals surface area (Å²) in [6, 6.07) is 8.13. The van der Waals surface area contributed by atoms with Crippen LogP contribution in [0.5, 0.6) is 0 Å². The van der Waals surface area contributed by atoms with Crippen LogP contribution in [0.2, 0.25) is 10.0 Å². The number of halogens is 2. The first-order valence-electron chi connectivity index (χ1n) is 5.64. The average molecular weight is 351 g/mol. The van der Waals surface area contributed by atoms with E-state index in [4.69, 9.17) is 23.2 Å². The molecule has 1 aromatic carbocycles. The molecule has 2 rings (SSSR count). The molecule has 0 aliphatic rings. The van der Waals surface area contributed by atoms with Crippen LogP contribution in [0.15, 0.2) is 34.5 Å². The van der Waals surface area contributed by atoms with Crippen molar-refractivity contribution in [2.24, 2.45) is 0 Å². The standard InChI is InChI=1S/C12H12Cl2N2O2S2/c1-15-7-8-5-6-11(19-8)20(17,18)16-12-9(13)3-2-4-10(12)14/h2-6,15-16H,7H2,1H3. The SMILES string of the molecule is CNCc1ccc(S(=O)(=O)Nc2c(Cl)cccc2Cl)s1. The largest absolute Gasteiger partial charge is 0.315 e. The number of sulfonamides is 1. The maximum atomic E-state index is 12.3. The highest BCUT2D eigenvalue weighted by Gasteiger charge is 2.19. The van der Waals surface area contributed by atoms with Gasteiger partial charge in [0.2, 0.25) is 0 Å². The lowest BCUT2D eigenvalue weighted by atomic mass is 10.3. The average Bonchev–Trinajstić information content (AvgIpc) is 2.84. The first-order chi connectivity index (χ1) is 9.44. The fraction of sp³-hybridized carbons (Fsp3) is 0.167. The van der Waals surface area contributed by atoms with Gasteiger partial charge in [-0.25, -0.2) is 8.42 Å². The van der Waals surface area contributed by atoms with Crippen molar-refractivity contribution in [3.63, 3.8) is 0 Å². The molecule has 0 aliphatic carbocycles. The van der Waals surface area contributed by atoms with E-state index >= 15 is 0 Å². The lowest BCUT2D eigenvalue weighted by Gasteiger charge is -2.09. The highest BCUT2D eigenvalue weighted by Crippen LogP contribution is 2.33. The Morgan fingerprint density at radius 2 is 1.80 bits per heavy atom. The third-order valence-electron chi connectivity index (χ3n) is 2.45. The minimum atomic E-state index is -3.68. The molecule has 2 aromatic rings. The van der Waals surface area contributed by atoms with Crippen LogP contribution in [0.25, 0.3) is 0 Å². The Morgan fingerprint density at radius 1 is 1.15 bits per heavy atom. The molecule has 0 aliphatic heterocycles. The molecule has 0 spiro atoms. The quantitative estimate of drug-likeness (QED) is 0.866. The van der Waals surface area contributed by atoms with Gasteiger partial charge >= 0.3 is 0 Å². The van der Waals surface area contributed by atoms with Crippen molar-refractivity contribution in [2.75, 3.05) is 11.8 Å².